The Morgan fingerprint density at radius 3 is 2.88 bits per heavy atom. The Morgan fingerprint density at radius 1 is 1.59 bits per heavy atom. The molecule has 1 saturated carbocycles. The molecule has 0 aromatic carbocycles. The van der Waals surface area contributed by atoms with Crippen LogP contribution in [-0.4, -0.2) is 29.0 Å². The molecule has 0 saturated heterocycles. The summed E-state index contributed by atoms with van der Waals surface area (Å²) in [6.45, 7) is 9.71. The van der Waals surface area contributed by atoms with Gasteiger partial charge in [0.2, 0.25) is 5.13 Å². The van der Waals surface area contributed by atoms with E-state index in [0.717, 1.165) is 18.2 Å². The third-order valence-electron chi connectivity index (χ3n) is 3.47. The first kappa shape index (κ1) is 12.8. The van der Waals surface area contributed by atoms with Crippen molar-refractivity contribution in [3.05, 3.63) is 5.51 Å². The lowest BCUT2D eigenvalue weighted by molar-refractivity contribution is -0.108. The summed E-state index contributed by atoms with van der Waals surface area (Å²) in [6, 6.07) is 0.438. The lowest BCUT2D eigenvalue weighted by Crippen LogP contribution is -2.58. The van der Waals surface area contributed by atoms with E-state index in [1.807, 2.05) is 0 Å². The molecular weight excluding hydrogens is 234 g/mol. The highest BCUT2D eigenvalue weighted by Crippen LogP contribution is 2.44. The van der Waals surface area contributed by atoms with E-state index >= 15 is 0 Å². The van der Waals surface area contributed by atoms with Crippen molar-refractivity contribution in [3.8, 4) is 0 Å². The van der Waals surface area contributed by atoms with Gasteiger partial charge in [-0.05, 0) is 12.3 Å². The van der Waals surface area contributed by atoms with Gasteiger partial charge in [0.15, 0.2) is 0 Å². The molecule has 4 nitrogen and oxygen atoms in total. The maximum absolute atomic E-state index is 5.93. The first-order valence-electron chi connectivity index (χ1n) is 6.14. The molecule has 1 aliphatic carbocycles. The zero-order chi connectivity index (χ0) is 12.5. The Bertz CT molecular complexity index is 351. The highest BCUT2D eigenvalue weighted by Gasteiger charge is 2.49. The standard InChI is InChI=1S/C12H21N3OS/c1-8(2)6-16-10-5-9(12(10,3)4)14-11-15-13-7-17-11/h7-10H,5-6H2,1-4H3,(H,14,15). The molecule has 0 bridgehead atoms. The molecule has 2 unspecified atom stereocenters. The number of hydrogen-bond donors (Lipinski definition) is 1. The van der Waals surface area contributed by atoms with Gasteiger partial charge in [-0.3, -0.25) is 0 Å². The van der Waals surface area contributed by atoms with E-state index in [2.05, 4.69) is 43.2 Å². The van der Waals surface area contributed by atoms with E-state index in [0.29, 0.717) is 18.1 Å². The number of rotatable bonds is 5. The van der Waals surface area contributed by atoms with Crippen molar-refractivity contribution < 1.29 is 4.74 Å². The molecule has 2 rings (SSSR count). The number of hydrogen-bond acceptors (Lipinski definition) is 5. The van der Waals surface area contributed by atoms with Crippen LogP contribution in [0.5, 0.6) is 0 Å². The summed E-state index contributed by atoms with van der Waals surface area (Å²) in [5.74, 6) is 0.598. The highest BCUT2D eigenvalue weighted by atomic mass is 32.1. The van der Waals surface area contributed by atoms with Crippen molar-refractivity contribution in [2.75, 3.05) is 11.9 Å². The molecule has 0 amide bonds. The molecule has 0 spiro atoms. The summed E-state index contributed by atoms with van der Waals surface area (Å²) >= 11 is 1.55. The molecule has 1 aromatic rings. The second-order valence-corrected chi connectivity index (χ2v) is 6.55. The van der Waals surface area contributed by atoms with Crippen LogP contribution in [-0.2, 0) is 4.74 Å². The van der Waals surface area contributed by atoms with Gasteiger partial charge >= 0.3 is 0 Å². The zero-order valence-electron chi connectivity index (χ0n) is 10.9. The lowest BCUT2D eigenvalue weighted by Gasteiger charge is -2.51. The van der Waals surface area contributed by atoms with Gasteiger partial charge in [0.05, 0.1) is 6.10 Å². The second-order valence-electron chi connectivity index (χ2n) is 5.71. The van der Waals surface area contributed by atoms with Gasteiger partial charge in [-0.15, -0.1) is 10.2 Å². The van der Waals surface area contributed by atoms with E-state index in [-0.39, 0.29) is 5.41 Å². The topological polar surface area (TPSA) is 47.0 Å². The molecule has 96 valence electrons. The number of nitrogens with one attached hydrogen (secondary N) is 1. The SMILES string of the molecule is CC(C)COC1CC(Nc2nncs2)C1(C)C. The molecule has 5 heteroatoms. The Hall–Kier alpha value is -0.680. The van der Waals surface area contributed by atoms with Crippen LogP contribution in [0.4, 0.5) is 5.13 Å². The Labute approximate surface area is 107 Å². The Kier molecular flexibility index (Phi) is 3.68. The molecule has 1 N–H and O–H groups in total. The highest BCUT2D eigenvalue weighted by molar-refractivity contribution is 7.13. The van der Waals surface area contributed by atoms with Crippen LogP contribution in [0, 0.1) is 11.3 Å². The average Bonchev–Trinajstić information content (AvgIpc) is 2.74. The van der Waals surface area contributed by atoms with Crippen LogP contribution >= 0.6 is 11.3 Å². The second kappa shape index (κ2) is 4.90. The third-order valence-corrected chi connectivity index (χ3v) is 4.09. The zero-order valence-corrected chi connectivity index (χ0v) is 11.8. The monoisotopic (exact) mass is 255 g/mol. The fourth-order valence-electron chi connectivity index (χ4n) is 2.11. The van der Waals surface area contributed by atoms with E-state index in [1.54, 1.807) is 16.8 Å². The molecule has 0 aliphatic heterocycles. The predicted molar refractivity (Wildman–Crippen MR) is 70.3 cm³/mol. The van der Waals surface area contributed by atoms with Gasteiger partial charge in [0, 0.05) is 18.1 Å². The number of anilines is 1. The fraction of sp³-hybridized carbons (Fsp3) is 0.833. The van der Waals surface area contributed by atoms with Crippen LogP contribution in [0.25, 0.3) is 0 Å². The average molecular weight is 255 g/mol. The Balaban J connectivity index is 1.84. The maximum Gasteiger partial charge on any atom is 0.205 e. The van der Waals surface area contributed by atoms with Crippen molar-refractivity contribution >= 4 is 16.5 Å². The fourth-order valence-corrected chi connectivity index (χ4v) is 2.61. The summed E-state index contributed by atoms with van der Waals surface area (Å²) in [5.41, 5.74) is 1.92. The normalized spacial score (nSPS) is 26.9. The minimum Gasteiger partial charge on any atom is -0.377 e. The first-order valence-corrected chi connectivity index (χ1v) is 7.02. The quantitative estimate of drug-likeness (QED) is 0.879. The minimum absolute atomic E-state index is 0.167. The summed E-state index contributed by atoms with van der Waals surface area (Å²) in [6.07, 6.45) is 1.41. The van der Waals surface area contributed by atoms with E-state index < -0.39 is 0 Å². The molecular formula is C12H21N3OS. The maximum atomic E-state index is 5.93. The molecule has 1 heterocycles. The van der Waals surface area contributed by atoms with Gasteiger partial charge < -0.3 is 10.1 Å². The molecule has 17 heavy (non-hydrogen) atoms. The van der Waals surface area contributed by atoms with Gasteiger partial charge in [-0.2, -0.15) is 0 Å². The predicted octanol–water partition coefficient (Wildman–Crippen LogP) is 2.79. The molecule has 1 aliphatic rings. The van der Waals surface area contributed by atoms with E-state index in [4.69, 9.17) is 4.74 Å². The molecule has 1 fully saturated rings. The smallest absolute Gasteiger partial charge is 0.205 e. The van der Waals surface area contributed by atoms with Crippen LogP contribution in [0.2, 0.25) is 0 Å². The van der Waals surface area contributed by atoms with E-state index in [1.165, 1.54) is 0 Å². The van der Waals surface area contributed by atoms with Crippen molar-refractivity contribution in [2.24, 2.45) is 11.3 Å². The van der Waals surface area contributed by atoms with Crippen LogP contribution < -0.4 is 5.32 Å². The van der Waals surface area contributed by atoms with Crippen molar-refractivity contribution in [1.82, 2.24) is 10.2 Å². The van der Waals surface area contributed by atoms with Crippen molar-refractivity contribution in [1.29, 1.82) is 0 Å². The first-order chi connectivity index (χ1) is 8.00. The van der Waals surface area contributed by atoms with Gasteiger partial charge in [0.1, 0.15) is 5.51 Å². The number of ether oxygens (including phenoxy) is 1. The minimum atomic E-state index is 0.167. The summed E-state index contributed by atoms with van der Waals surface area (Å²) in [4.78, 5) is 0. The Morgan fingerprint density at radius 2 is 2.35 bits per heavy atom. The number of aromatic nitrogens is 2. The largest absolute Gasteiger partial charge is 0.377 e. The van der Waals surface area contributed by atoms with Crippen LogP contribution in [0.3, 0.4) is 0 Å². The van der Waals surface area contributed by atoms with Gasteiger partial charge in [-0.25, -0.2) is 0 Å². The van der Waals surface area contributed by atoms with Crippen LogP contribution in [0.1, 0.15) is 34.1 Å². The van der Waals surface area contributed by atoms with Gasteiger partial charge in [0.25, 0.3) is 0 Å². The lowest BCUT2D eigenvalue weighted by atomic mass is 9.64. The molecule has 2 atom stereocenters. The molecule has 0 radical (unpaired) electrons. The van der Waals surface area contributed by atoms with Crippen molar-refractivity contribution in [3.63, 3.8) is 0 Å². The molecule has 1 aromatic heterocycles. The summed E-state index contributed by atoms with van der Waals surface area (Å²) in [5, 5.41) is 12.2. The van der Waals surface area contributed by atoms with Gasteiger partial charge in [-0.1, -0.05) is 39.0 Å². The van der Waals surface area contributed by atoms with E-state index in [9.17, 15) is 0 Å². The number of nitrogens with zero attached hydrogens (tertiary/aromatic N) is 2. The van der Waals surface area contributed by atoms with Crippen molar-refractivity contribution in [2.45, 2.75) is 46.3 Å². The third kappa shape index (κ3) is 2.77. The summed E-state index contributed by atoms with van der Waals surface area (Å²) in [7, 11) is 0. The van der Waals surface area contributed by atoms with Crippen LogP contribution in [0.15, 0.2) is 5.51 Å². The summed E-state index contributed by atoms with van der Waals surface area (Å²) < 4.78 is 5.93.